The first-order valence-electron chi connectivity index (χ1n) is 4.12. The topological polar surface area (TPSA) is 51.2 Å². The molecule has 0 unspecified atom stereocenters. The summed E-state index contributed by atoms with van der Waals surface area (Å²) in [7, 11) is 1.55. The first-order chi connectivity index (χ1) is 6.76. The fourth-order valence-electron chi connectivity index (χ4n) is 0.884. The van der Waals surface area contributed by atoms with Crippen LogP contribution in [-0.4, -0.2) is 23.3 Å². The van der Waals surface area contributed by atoms with Gasteiger partial charge in [0.1, 0.15) is 0 Å². The van der Waals surface area contributed by atoms with E-state index in [1.54, 1.807) is 25.4 Å². The van der Waals surface area contributed by atoms with Crippen LogP contribution in [0.25, 0.3) is 0 Å². The van der Waals surface area contributed by atoms with Gasteiger partial charge in [0.15, 0.2) is 0 Å². The molecule has 0 atom stereocenters. The van der Waals surface area contributed by atoms with E-state index in [4.69, 9.17) is 4.74 Å². The van der Waals surface area contributed by atoms with Crippen LogP contribution in [0.15, 0.2) is 18.3 Å². The second-order valence-electron chi connectivity index (χ2n) is 2.58. The van der Waals surface area contributed by atoms with Crippen molar-refractivity contribution in [1.29, 1.82) is 0 Å². The molecule has 0 saturated heterocycles. The zero-order valence-corrected chi connectivity index (χ0v) is 9.37. The number of nitrogens with one attached hydrogen (secondary N) is 1. The largest absolute Gasteiger partial charge is 0.481 e. The van der Waals surface area contributed by atoms with Gasteiger partial charge in [0.25, 0.3) is 0 Å². The predicted octanol–water partition coefficient (Wildman–Crippen LogP) is 1.81. The highest BCUT2D eigenvalue weighted by atomic mass is 79.9. The normalized spacial score (nSPS) is 9.57. The maximum Gasteiger partial charge on any atom is 0.225 e. The maximum atomic E-state index is 11.2. The van der Waals surface area contributed by atoms with Crippen LogP contribution in [0, 0.1) is 0 Å². The van der Waals surface area contributed by atoms with Crippen molar-refractivity contribution in [2.45, 2.75) is 6.42 Å². The number of nitrogens with zero attached hydrogens (tertiary/aromatic N) is 1. The molecule has 0 spiro atoms. The molecule has 1 amide bonds. The van der Waals surface area contributed by atoms with E-state index >= 15 is 0 Å². The van der Waals surface area contributed by atoms with Crippen molar-refractivity contribution in [3.8, 4) is 5.88 Å². The number of carbonyl (C=O) groups excluding carboxylic acids is 1. The van der Waals surface area contributed by atoms with E-state index in [1.807, 2.05) is 0 Å². The molecule has 76 valence electrons. The Morgan fingerprint density at radius 3 is 2.93 bits per heavy atom. The molecule has 0 saturated carbocycles. The molecule has 0 bridgehead atoms. The van der Waals surface area contributed by atoms with Gasteiger partial charge in [-0.05, 0) is 6.07 Å². The van der Waals surface area contributed by atoms with Crippen molar-refractivity contribution in [1.82, 2.24) is 4.98 Å². The van der Waals surface area contributed by atoms with E-state index in [2.05, 4.69) is 26.2 Å². The van der Waals surface area contributed by atoms with E-state index in [0.717, 1.165) is 0 Å². The number of ether oxygens (including phenoxy) is 1. The van der Waals surface area contributed by atoms with Gasteiger partial charge >= 0.3 is 0 Å². The van der Waals surface area contributed by atoms with Gasteiger partial charge in [-0.2, -0.15) is 0 Å². The van der Waals surface area contributed by atoms with Crippen LogP contribution in [0.3, 0.4) is 0 Å². The third-order valence-corrected chi connectivity index (χ3v) is 1.95. The van der Waals surface area contributed by atoms with Crippen LogP contribution >= 0.6 is 15.9 Å². The Kier molecular flexibility index (Phi) is 4.39. The van der Waals surface area contributed by atoms with Gasteiger partial charge in [-0.3, -0.25) is 4.79 Å². The highest BCUT2D eigenvalue weighted by Crippen LogP contribution is 2.11. The Morgan fingerprint density at radius 1 is 1.64 bits per heavy atom. The monoisotopic (exact) mass is 258 g/mol. The van der Waals surface area contributed by atoms with Crippen LogP contribution < -0.4 is 10.1 Å². The van der Waals surface area contributed by atoms with Gasteiger partial charge in [-0.1, -0.05) is 15.9 Å². The summed E-state index contributed by atoms with van der Waals surface area (Å²) in [5.74, 6) is 0.498. The Balaban J connectivity index is 2.55. The summed E-state index contributed by atoms with van der Waals surface area (Å²) >= 11 is 3.19. The molecule has 0 aliphatic heterocycles. The molecular weight excluding hydrogens is 248 g/mol. The van der Waals surface area contributed by atoms with E-state index < -0.39 is 0 Å². The van der Waals surface area contributed by atoms with Gasteiger partial charge in [0, 0.05) is 17.8 Å². The highest BCUT2D eigenvalue weighted by Gasteiger charge is 2.01. The Morgan fingerprint density at radius 2 is 2.43 bits per heavy atom. The predicted molar refractivity (Wildman–Crippen MR) is 57.8 cm³/mol. The lowest BCUT2D eigenvalue weighted by molar-refractivity contribution is -0.115. The fourth-order valence-corrected chi connectivity index (χ4v) is 1.24. The second kappa shape index (κ2) is 5.59. The van der Waals surface area contributed by atoms with E-state index in [-0.39, 0.29) is 5.91 Å². The number of alkyl halides is 1. The number of carbonyl (C=O) groups is 1. The van der Waals surface area contributed by atoms with Crippen molar-refractivity contribution in [3.63, 3.8) is 0 Å². The Hall–Kier alpha value is -1.10. The minimum absolute atomic E-state index is 0.0335. The Labute approximate surface area is 90.8 Å². The van der Waals surface area contributed by atoms with Crippen LogP contribution in [0.4, 0.5) is 5.69 Å². The number of hydrogen-bond acceptors (Lipinski definition) is 3. The van der Waals surface area contributed by atoms with Crippen molar-refractivity contribution in [3.05, 3.63) is 18.3 Å². The molecule has 1 N–H and O–H groups in total. The number of aromatic nitrogens is 1. The number of rotatable bonds is 4. The molecule has 4 nitrogen and oxygen atoms in total. The molecular formula is C9H11BrN2O2. The van der Waals surface area contributed by atoms with Gasteiger partial charge in [-0.15, -0.1) is 0 Å². The summed E-state index contributed by atoms with van der Waals surface area (Å²) in [6.45, 7) is 0. The number of pyridine rings is 1. The molecule has 1 rings (SSSR count). The number of halogens is 1. The quantitative estimate of drug-likeness (QED) is 0.839. The summed E-state index contributed by atoms with van der Waals surface area (Å²) in [6.07, 6.45) is 2.01. The van der Waals surface area contributed by atoms with Gasteiger partial charge in [0.2, 0.25) is 11.8 Å². The fraction of sp³-hybridized carbons (Fsp3) is 0.333. The van der Waals surface area contributed by atoms with Gasteiger partial charge in [-0.25, -0.2) is 4.98 Å². The summed E-state index contributed by atoms with van der Waals surface area (Å²) in [4.78, 5) is 15.1. The SMILES string of the molecule is COc1ccc(NC(=O)CCBr)cn1. The molecule has 1 aromatic heterocycles. The maximum absolute atomic E-state index is 11.2. The zero-order valence-electron chi connectivity index (χ0n) is 7.79. The molecule has 0 radical (unpaired) electrons. The van der Waals surface area contributed by atoms with Gasteiger partial charge in [0.05, 0.1) is 19.0 Å². The lowest BCUT2D eigenvalue weighted by atomic mass is 10.4. The van der Waals surface area contributed by atoms with E-state index in [0.29, 0.717) is 23.3 Å². The van der Waals surface area contributed by atoms with Crippen LogP contribution in [-0.2, 0) is 4.79 Å². The van der Waals surface area contributed by atoms with E-state index in [9.17, 15) is 4.79 Å². The van der Waals surface area contributed by atoms with Crippen molar-refractivity contribution < 1.29 is 9.53 Å². The van der Waals surface area contributed by atoms with Crippen LogP contribution in [0.1, 0.15) is 6.42 Å². The average molecular weight is 259 g/mol. The van der Waals surface area contributed by atoms with Crippen LogP contribution in [0.5, 0.6) is 5.88 Å². The molecule has 0 aliphatic rings. The van der Waals surface area contributed by atoms with E-state index in [1.165, 1.54) is 0 Å². The standard InChI is InChI=1S/C9H11BrN2O2/c1-14-9-3-2-7(6-11-9)12-8(13)4-5-10/h2-3,6H,4-5H2,1H3,(H,12,13). The number of methoxy groups -OCH3 is 1. The van der Waals surface area contributed by atoms with Crippen LogP contribution in [0.2, 0.25) is 0 Å². The second-order valence-corrected chi connectivity index (χ2v) is 3.37. The molecule has 1 aromatic rings. The number of hydrogen-bond donors (Lipinski definition) is 1. The summed E-state index contributed by atoms with van der Waals surface area (Å²) in [6, 6.07) is 3.45. The van der Waals surface area contributed by atoms with Crippen molar-refractivity contribution in [2.75, 3.05) is 17.8 Å². The molecule has 0 fully saturated rings. The molecule has 0 aromatic carbocycles. The first-order valence-corrected chi connectivity index (χ1v) is 5.24. The Bertz CT molecular complexity index is 300. The summed E-state index contributed by atoms with van der Waals surface area (Å²) in [5.41, 5.74) is 0.678. The summed E-state index contributed by atoms with van der Waals surface area (Å²) in [5, 5.41) is 3.36. The third-order valence-electron chi connectivity index (χ3n) is 1.55. The number of anilines is 1. The lowest BCUT2D eigenvalue weighted by Crippen LogP contribution is -2.11. The average Bonchev–Trinajstić information content (AvgIpc) is 2.19. The molecule has 0 aliphatic carbocycles. The minimum Gasteiger partial charge on any atom is -0.481 e. The van der Waals surface area contributed by atoms with Crippen molar-refractivity contribution >= 4 is 27.5 Å². The first kappa shape index (κ1) is 11.0. The van der Waals surface area contributed by atoms with Crippen molar-refractivity contribution in [2.24, 2.45) is 0 Å². The number of amides is 1. The third kappa shape index (κ3) is 3.33. The highest BCUT2D eigenvalue weighted by molar-refractivity contribution is 9.09. The zero-order chi connectivity index (χ0) is 10.4. The molecule has 14 heavy (non-hydrogen) atoms. The summed E-state index contributed by atoms with van der Waals surface area (Å²) < 4.78 is 4.89. The molecule has 5 heteroatoms. The molecule has 1 heterocycles. The lowest BCUT2D eigenvalue weighted by Gasteiger charge is -2.03. The minimum atomic E-state index is -0.0335. The van der Waals surface area contributed by atoms with Gasteiger partial charge < -0.3 is 10.1 Å². The smallest absolute Gasteiger partial charge is 0.225 e.